The van der Waals surface area contributed by atoms with Crippen molar-refractivity contribution in [3.8, 4) is 0 Å². The fourth-order valence-corrected chi connectivity index (χ4v) is 3.13. The van der Waals surface area contributed by atoms with Crippen molar-refractivity contribution in [3.05, 3.63) is 6.33 Å². The standard InChI is InChI=1S/C9H18N4O3S/c1-3-7(4-5-14)12-17(15,16)9-8(10)11-6-13(9)2/h6-7,12,14H,3-5,10H2,1-2H3. The van der Waals surface area contributed by atoms with Gasteiger partial charge in [0.15, 0.2) is 10.8 Å². The molecule has 0 aliphatic rings. The monoisotopic (exact) mass is 262 g/mol. The van der Waals surface area contributed by atoms with Gasteiger partial charge in [-0.1, -0.05) is 6.92 Å². The normalized spacial score (nSPS) is 13.8. The Labute approximate surface area is 101 Å². The van der Waals surface area contributed by atoms with Crippen LogP contribution in [0.5, 0.6) is 0 Å². The van der Waals surface area contributed by atoms with E-state index in [2.05, 4.69) is 9.71 Å². The number of nitrogens with one attached hydrogen (secondary N) is 1. The molecule has 17 heavy (non-hydrogen) atoms. The Hall–Kier alpha value is -1.12. The summed E-state index contributed by atoms with van der Waals surface area (Å²) in [5.41, 5.74) is 5.52. The zero-order valence-corrected chi connectivity index (χ0v) is 10.7. The van der Waals surface area contributed by atoms with Crippen LogP contribution >= 0.6 is 0 Å². The molecule has 0 saturated heterocycles. The van der Waals surface area contributed by atoms with Gasteiger partial charge in [0.1, 0.15) is 0 Å². The Kier molecular flexibility index (Phi) is 4.49. The first-order valence-corrected chi connectivity index (χ1v) is 6.80. The topological polar surface area (TPSA) is 110 Å². The smallest absolute Gasteiger partial charge is 0.260 e. The fourth-order valence-electron chi connectivity index (χ4n) is 1.54. The van der Waals surface area contributed by atoms with Gasteiger partial charge in [0.2, 0.25) is 0 Å². The molecule has 0 bridgehead atoms. The van der Waals surface area contributed by atoms with E-state index in [0.717, 1.165) is 0 Å². The lowest BCUT2D eigenvalue weighted by molar-refractivity contribution is 0.270. The minimum Gasteiger partial charge on any atom is -0.396 e. The van der Waals surface area contributed by atoms with Crippen LogP contribution in [0.15, 0.2) is 11.4 Å². The lowest BCUT2D eigenvalue weighted by Crippen LogP contribution is -2.36. The maximum Gasteiger partial charge on any atom is 0.260 e. The third kappa shape index (κ3) is 3.18. The lowest BCUT2D eigenvalue weighted by Gasteiger charge is -2.16. The fraction of sp³-hybridized carbons (Fsp3) is 0.667. The summed E-state index contributed by atoms with van der Waals surface area (Å²) >= 11 is 0. The van der Waals surface area contributed by atoms with Gasteiger partial charge in [0, 0.05) is 19.7 Å². The molecule has 0 saturated carbocycles. The molecule has 8 heteroatoms. The number of aryl methyl sites for hydroxylation is 1. The maximum absolute atomic E-state index is 12.0. The van der Waals surface area contributed by atoms with Gasteiger partial charge in [-0.3, -0.25) is 0 Å². The summed E-state index contributed by atoms with van der Waals surface area (Å²) < 4.78 is 27.9. The van der Waals surface area contributed by atoms with E-state index in [9.17, 15) is 8.42 Å². The van der Waals surface area contributed by atoms with E-state index in [1.54, 1.807) is 7.05 Å². The van der Waals surface area contributed by atoms with Gasteiger partial charge in [0.05, 0.1) is 6.33 Å². The second-order valence-corrected chi connectivity index (χ2v) is 5.41. The van der Waals surface area contributed by atoms with Crippen molar-refractivity contribution < 1.29 is 13.5 Å². The highest BCUT2D eigenvalue weighted by molar-refractivity contribution is 7.89. The van der Waals surface area contributed by atoms with E-state index in [0.29, 0.717) is 12.8 Å². The van der Waals surface area contributed by atoms with Gasteiger partial charge in [-0.2, -0.15) is 0 Å². The molecule has 0 aliphatic carbocycles. The van der Waals surface area contributed by atoms with Gasteiger partial charge >= 0.3 is 0 Å². The number of anilines is 1. The number of aromatic nitrogens is 2. The number of sulfonamides is 1. The number of hydrogen-bond donors (Lipinski definition) is 3. The van der Waals surface area contributed by atoms with Crippen molar-refractivity contribution in [1.29, 1.82) is 0 Å². The molecule has 4 N–H and O–H groups in total. The predicted octanol–water partition coefficient (Wildman–Crippen LogP) is -0.558. The van der Waals surface area contributed by atoms with Gasteiger partial charge < -0.3 is 15.4 Å². The number of aliphatic hydroxyl groups excluding tert-OH is 1. The zero-order valence-electron chi connectivity index (χ0n) is 9.92. The van der Waals surface area contributed by atoms with Crippen molar-refractivity contribution >= 4 is 15.8 Å². The molecule has 1 rings (SSSR count). The van der Waals surface area contributed by atoms with Crippen LogP contribution < -0.4 is 10.5 Å². The first kappa shape index (κ1) is 13.9. The average Bonchev–Trinajstić information content (AvgIpc) is 2.58. The van der Waals surface area contributed by atoms with Gasteiger partial charge in [-0.25, -0.2) is 18.1 Å². The highest BCUT2D eigenvalue weighted by atomic mass is 32.2. The number of nitrogens with zero attached hydrogens (tertiary/aromatic N) is 2. The Balaban J connectivity index is 2.96. The summed E-state index contributed by atoms with van der Waals surface area (Å²) in [4.78, 5) is 3.73. The van der Waals surface area contributed by atoms with Crippen LogP contribution in [0, 0.1) is 0 Å². The number of hydrogen-bond acceptors (Lipinski definition) is 5. The summed E-state index contributed by atoms with van der Waals surface area (Å²) in [6.07, 6.45) is 2.31. The van der Waals surface area contributed by atoms with E-state index in [4.69, 9.17) is 10.8 Å². The van der Waals surface area contributed by atoms with Crippen molar-refractivity contribution in [2.75, 3.05) is 12.3 Å². The minimum absolute atomic E-state index is 0.0288. The van der Waals surface area contributed by atoms with Crippen molar-refractivity contribution in [2.45, 2.75) is 30.8 Å². The van der Waals surface area contributed by atoms with Crippen molar-refractivity contribution in [1.82, 2.24) is 14.3 Å². The molecular formula is C9H18N4O3S. The second kappa shape index (κ2) is 5.48. The maximum atomic E-state index is 12.0. The summed E-state index contributed by atoms with van der Waals surface area (Å²) in [6, 6.07) is -0.306. The quantitative estimate of drug-likeness (QED) is 0.636. The SMILES string of the molecule is CCC(CCO)NS(=O)(=O)c1c(N)ncn1C. The van der Waals surface area contributed by atoms with Crippen LogP contribution in [0.3, 0.4) is 0 Å². The molecule has 1 unspecified atom stereocenters. The number of rotatable bonds is 6. The summed E-state index contributed by atoms with van der Waals surface area (Å²) in [5.74, 6) is -0.0288. The van der Waals surface area contributed by atoms with E-state index in [1.165, 1.54) is 10.9 Å². The first-order chi connectivity index (χ1) is 7.92. The predicted molar refractivity (Wildman–Crippen MR) is 63.7 cm³/mol. The Morgan fingerprint density at radius 1 is 1.65 bits per heavy atom. The van der Waals surface area contributed by atoms with Crippen LogP contribution in [-0.4, -0.2) is 35.7 Å². The van der Waals surface area contributed by atoms with E-state index in [1.807, 2.05) is 6.92 Å². The molecule has 1 heterocycles. The first-order valence-electron chi connectivity index (χ1n) is 5.32. The lowest BCUT2D eigenvalue weighted by atomic mass is 10.2. The number of aliphatic hydroxyl groups is 1. The minimum atomic E-state index is -3.70. The second-order valence-electron chi connectivity index (χ2n) is 3.78. The van der Waals surface area contributed by atoms with Crippen molar-refractivity contribution in [3.63, 3.8) is 0 Å². The summed E-state index contributed by atoms with van der Waals surface area (Å²) in [5, 5.41) is 8.78. The molecule has 7 nitrogen and oxygen atoms in total. The van der Waals surface area contributed by atoms with Crippen molar-refractivity contribution in [2.24, 2.45) is 7.05 Å². The molecule has 1 atom stereocenters. The van der Waals surface area contributed by atoms with Gasteiger partial charge in [0.25, 0.3) is 10.0 Å². The van der Waals surface area contributed by atoms with Gasteiger partial charge in [-0.15, -0.1) is 0 Å². The molecule has 1 aromatic rings. The van der Waals surface area contributed by atoms with Crippen LogP contribution in [0.2, 0.25) is 0 Å². The van der Waals surface area contributed by atoms with Crippen LogP contribution in [0.1, 0.15) is 19.8 Å². The van der Waals surface area contributed by atoms with Gasteiger partial charge in [-0.05, 0) is 12.8 Å². The third-order valence-corrected chi connectivity index (χ3v) is 4.11. The molecular weight excluding hydrogens is 244 g/mol. The van der Waals surface area contributed by atoms with Crippen LogP contribution in [0.25, 0.3) is 0 Å². The molecule has 0 amide bonds. The average molecular weight is 262 g/mol. The van der Waals surface area contributed by atoms with Crippen LogP contribution in [-0.2, 0) is 17.1 Å². The summed E-state index contributed by atoms with van der Waals surface area (Å²) in [6.45, 7) is 1.78. The Morgan fingerprint density at radius 3 is 2.71 bits per heavy atom. The molecule has 0 aliphatic heterocycles. The van der Waals surface area contributed by atoms with E-state index >= 15 is 0 Å². The largest absolute Gasteiger partial charge is 0.396 e. The Bertz CT molecular complexity index is 449. The number of imidazole rings is 1. The molecule has 0 fully saturated rings. The zero-order chi connectivity index (χ0) is 13.1. The highest BCUT2D eigenvalue weighted by Gasteiger charge is 2.24. The van der Waals surface area contributed by atoms with Crippen LogP contribution in [0.4, 0.5) is 5.82 Å². The molecule has 98 valence electrons. The highest BCUT2D eigenvalue weighted by Crippen LogP contribution is 2.16. The molecule has 0 aromatic carbocycles. The Morgan fingerprint density at radius 2 is 2.29 bits per heavy atom. The number of nitrogen functional groups attached to an aromatic ring is 1. The molecule has 0 radical (unpaired) electrons. The van der Waals surface area contributed by atoms with E-state index < -0.39 is 10.0 Å². The third-order valence-electron chi connectivity index (χ3n) is 2.46. The summed E-state index contributed by atoms with van der Waals surface area (Å²) in [7, 11) is -2.14. The molecule has 1 aromatic heterocycles. The molecule has 0 spiro atoms. The van der Waals surface area contributed by atoms with E-state index in [-0.39, 0.29) is 23.5 Å². The number of nitrogens with two attached hydrogens (primary N) is 1.